The third-order valence-corrected chi connectivity index (χ3v) is 0.900. The number of ether oxygens (including phenoxy) is 1. The second kappa shape index (κ2) is 5.45. The van der Waals surface area contributed by atoms with E-state index < -0.39 is 0 Å². The van der Waals surface area contributed by atoms with Crippen LogP contribution in [0.2, 0.25) is 0 Å². The molecule has 0 aromatic carbocycles. The van der Waals surface area contributed by atoms with Gasteiger partial charge in [-0.1, -0.05) is 0 Å². The number of hydrogen-bond acceptors (Lipinski definition) is 2. The Bertz CT molecular complexity index is 24.9. The summed E-state index contributed by atoms with van der Waals surface area (Å²) in [6, 6.07) is 0. The van der Waals surface area contributed by atoms with Crippen LogP contribution in [0.15, 0.2) is 0 Å². The highest BCUT2D eigenvalue weighted by Gasteiger charge is 1.73. The summed E-state index contributed by atoms with van der Waals surface area (Å²) in [5.74, 6) is 0. The quantitative estimate of drug-likeness (QED) is 0.349. The van der Waals surface area contributed by atoms with Crippen LogP contribution in [0.1, 0.15) is 1.43 Å². The summed E-state index contributed by atoms with van der Waals surface area (Å²) in [5, 5.41) is 0. The summed E-state index contributed by atoms with van der Waals surface area (Å²) >= 11 is 0.823. The lowest BCUT2D eigenvalue weighted by Gasteiger charge is -1.93. The third kappa shape index (κ3) is 4.45. The van der Waals surface area contributed by atoms with E-state index in [2.05, 4.69) is 4.74 Å². The lowest BCUT2D eigenvalue weighted by atomic mass is 10.8. The van der Waals surface area contributed by atoms with Gasteiger partial charge in [0.25, 0.3) is 0 Å². The predicted octanol–water partition coefficient (Wildman–Crippen LogP) is -0.690. The maximum absolute atomic E-state index is 4.80. The molecule has 0 saturated carbocycles. The van der Waals surface area contributed by atoms with Crippen LogP contribution in [0, 0.1) is 0 Å². The molecular formula is C3H10AlO2+. The molecule has 0 spiro atoms. The Morgan fingerprint density at radius 1 is 1.67 bits per heavy atom. The topological polar surface area (TPSA) is 18.5 Å². The van der Waals surface area contributed by atoms with Gasteiger partial charge in [-0.3, -0.25) is 0 Å². The zero-order valence-corrected chi connectivity index (χ0v) is 6.23. The average molecular weight is 105 g/mol. The molecule has 0 aromatic heterocycles. The minimum absolute atomic E-state index is 0. The first-order chi connectivity index (χ1) is 2.91. The van der Waals surface area contributed by atoms with Crippen LogP contribution in [0.4, 0.5) is 0 Å². The summed E-state index contributed by atoms with van der Waals surface area (Å²) in [4.78, 5) is 0. The second-order valence-electron chi connectivity index (χ2n) is 0.986. The second-order valence-corrected chi connectivity index (χ2v) is 1.56. The molecule has 0 atom stereocenters. The highest BCUT2D eigenvalue weighted by Crippen LogP contribution is 1.64. The molecule has 36 valence electrons. The Morgan fingerprint density at radius 2 is 2.33 bits per heavy atom. The number of methoxy groups -OCH3 is 1. The van der Waals surface area contributed by atoms with Crippen molar-refractivity contribution >= 4 is 16.6 Å². The van der Waals surface area contributed by atoms with E-state index in [4.69, 9.17) is 3.79 Å². The maximum atomic E-state index is 4.80. The smallest absolute Gasteiger partial charge is 0.504 e. The van der Waals surface area contributed by atoms with Crippen LogP contribution in [-0.2, 0) is 8.53 Å². The zero-order valence-electron chi connectivity index (χ0n) is 5.23. The van der Waals surface area contributed by atoms with Crippen molar-refractivity contribution in [2.75, 3.05) is 20.3 Å². The van der Waals surface area contributed by atoms with Crippen LogP contribution in [0.5, 0.6) is 0 Å². The van der Waals surface area contributed by atoms with E-state index in [-0.39, 0.29) is 1.43 Å². The van der Waals surface area contributed by atoms with Gasteiger partial charge in [0.2, 0.25) is 0 Å². The SMILES string of the molecule is COCC[O][AlH2].[H+]. The van der Waals surface area contributed by atoms with Gasteiger partial charge in [-0.2, -0.15) is 0 Å². The Balaban J connectivity index is 0. The lowest BCUT2D eigenvalue weighted by molar-refractivity contribution is 0.152. The van der Waals surface area contributed by atoms with Crippen molar-refractivity contribution in [3.63, 3.8) is 0 Å². The van der Waals surface area contributed by atoms with Gasteiger partial charge >= 0.3 is 18.1 Å². The highest BCUT2D eigenvalue weighted by atomic mass is 27.1. The molecule has 0 aromatic rings. The van der Waals surface area contributed by atoms with Crippen LogP contribution in [0.25, 0.3) is 0 Å². The fraction of sp³-hybridized carbons (Fsp3) is 1.00. The van der Waals surface area contributed by atoms with Crippen LogP contribution < -0.4 is 0 Å². The van der Waals surface area contributed by atoms with Gasteiger partial charge in [0.05, 0.1) is 6.61 Å². The van der Waals surface area contributed by atoms with Crippen molar-refractivity contribution in [1.29, 1.82) is 0 Å². The summed E-state index contributed by atoms with van der Waals surface area (Å²) in [6.45, 7) is 1.48. The molecule has 2 nitrogen and oxygen atoms in total. The molecule has 0 fully saturated rings. The van der Waals surface area contributed by atoms with Crippen LogP contribution in [-0.4, -0.2) is 36.9 Å². The zero-order chi connectivity index (χ0) is 4.83. The monoisotopic (exact) mass is 105 g/mol. The summed E-state index contributed by atoms with van der Waals surface area (Å²) in [7, 11) is 1.67. The van der Waals surface area contributed by atoms with Crippen molar-refractivity contribution in [1.82, 2.24) is 0 Å². The van der Waals surface area contributed by atoms with Crippen molar-refractivity contribution in [3.8, 4) is 0 Å². The minimum Gasteiger partial charge on any atom is -0.504 e. The van der Waals surface area contributed by atoms with Gasteiger partial charge in [0.1, 0.15) is 0 Å². The normalized spacial score (nSPS) is 8.83. The molecule has 6 heavy (non-hydrogen) atoms. The van der Waals surface area contributed by atoms with Crippen LogP contribution in [0.3, 0.4) is 0 Å². The Hall–Kier alpha value is 0.452. The summed E-state index contributed by atoms with van der Waals surface area (Å²) < 4.78 is 9.48. The van der Waals surface area contributed by atoms with E-state index in [0.29, 0.717) is 0 Å². The van der Waals surface area contributed by atoms with E-state index in [1.54, 1.807) is 7.11 Å². The average Bonchev–Trinajstić information content (AvgIpc) is 1.61. The molecule has 0 N–H and O–H groups in total. The first kappa shape index (κ1) is 6.45. The van der Waals surface area contributed by atoms with Crippen molar-refractivity contribution < 1.29 is 9.95 Å². The Kier molecular flexibility index (Phi) is 5.86. The molecule has 0 amide bonds. The van der Waals surface area contributed by atoms with Crippen molar-refractivity contribution in [3.05, 3.63) is 0 Å². The fourth-order valence-electron chi connectivity index (χ4n) is 0.167. The van der Waals surface area contributed by atoms with Gasteiger partial charge in [-0.05, 0) is 0 Å². The van der Waals surface area contributed by atoms with Crippen molar-refractivity contribution in [2.45, 2.75) is 0 Å². The van der Waals surface area contributed by atoms with E-state index >= 15 is 0 Å². The molecule has 0 rings (SSSR count). The first-order valence-electron chi connectivity index (χ1n) is 1.89. The molecule has 3 heteroatoms. The van der Waals surface area contributed by atoms with Gasteiger partial charge in [-0.15, -0.1) is 0 Å². The molecule has 0 heterocycles. The maximum Gasteiger partial charge on any atom is 1.00 e. The van der Waals surface area contributed by atoms with Crippen LogP contribution >= 0.6 is 0 Å². The molecule has 0 aliphatic carbocycles. The van der Waals surface area contributed by atoms with Gasteiger partial charge in [0.15, 0.2) is 0 Å². The minimum atomic E-state index is 0. The molecule has 0 bridgehead atoms. The summed E-state index contributed by atoms with van der Waals surface area (Å²) in [5.41, 5.74) is 0. The van der Waals surface area contributed by atoms with E-state index in [1.165, 1.54) is 0 Å². The van der Waals surface area contributed by atoms with Gasteiger partial charge < -0.3 is 8.53 Å². The first-order valence-corrected chi connectivity index (χ1v) is 2.71. The molecular weight excluding hydrogens is 95.0 g/mol. The van der Waals surface area contributed by atoms with Crippen molar-refractivity contribution in [2.24, 2.45) is 0 Å². The molecule has 0 aliphatic heterocycles. The Morgan fingerprint density at radius 3 is 2.50 bits per heavy atom. The Labute approximate surface area is 47.7 Å². The number of hydrogen-bond donors (Lipinski definition) is 0. The fourth-order valence-corrected chi connectivity index (χ4v) is 0.333. The molecule has 0 aliphatic rings. The lowest BCUT2D eigenvalue weighted by Crippen LogP contribution is -1.97. The van der Waals surface area contributed by atoms with E-state index in [9.17, 15) is 0 Å². The molecule has 0 unspecified atom stereocenters. The van der Waals surface area contributed by atoms with E-state index in [0.717, 1.165) is 29.8 Å². The number of rotatable bonds is 3. The third-order valence-electron chi connectivity index (χ3n) is 0.492. The summed E-state index contributed by atoms with van der Waals surface area (Å²) in [6.07, 6.45) is 0. The molecule has 0 saturated heterocycles. The van der Waals surface area contributed by atoms with Gasteiger partial charge in [-0.25, -0.2) is 0 Å². The standard InChI is InChI=1S/C3H7O2.Al.2H/c1-5-3-2-4;;;/h2-3H2,1H3;;;/q-1;+1;;/p+1. The highest BCUT2D eigenvalue weighted by molar-refractivity contribution is 5.97. The predicted molar refractivity (Wildman–Crippen MR) is 27.5 cm³/mol. The van der Waals surface area contributed by atoms with Gasteiger partial charge in [0, 0.05) is 13.7 Å². The van der Waals surface area contributed by atoms with E-state index in [1.807, 2.05) is 0 Å². The molecule has 0 radical (unpaired) electrons. The largest absolute Gasteiger partial charge is 1.00 e.